The molecule has 2 heterocycles. The number of amides is 2. The molecule has 0 saturated carbocycles. The molecule has 0 aliphatic carbocycles. The summed E-state index contributed by atoms with van der Waals surface area (Å²) in [5.41, 5.74) is 7.39. The zero-order chi connectivity index (χ0) is 34.0. The van der Waals surface area contributed by atoms with Crippen LogP contribution in [0.4, 0.5) is 10.1 Å². The number of hydrazone groups is 1. The molecule has 0 saturated heterocycles. The first-order valence-electron chi connectivity index (χ1n) is 15.0. The zero-order valence-corrected chi connectivity index (χ0v) is 26.8. The number of hydrogen-bond donors (Lipinski definition) is 2. The van der Waals surface area contributed by atoms with Crippen molar-refractivity contribution >= 4 is 23.7 Å². The second kappa shape index (κ2) is 15.5. The normalized spacial score (nSPS) is 10.9. The molecule has 2 aromatic heterocycles. The minimum Gasteiger partial charge on any atom is -0.493 e. The third-order valence-corrected chi connectivity index (χ3v) is 7.21. The summed E-state index contributed by atoms with van der Waals surface area (Å²) in [5, 5.41) is 6.65. The SMILES string of the molecule is C=CCc1cc(/C=N/NC(=O)c2ccc(COc3ccc(-n4c(C)ccc4C)cc3)o2)cc(OC)c1OCC(=O)Nc1cccc(F)c1. The number of carbonyl (C=O) groups excluding carboxylic acids is 2. The number of hydrogen-bond acceptors (Lipinski definition) is 7. The number of carbonyl (C=O) groups is 2. The minimum absolute atomic E-state index is 0.0739. The molecular weight excluding hydrogens is 615 g/mol. The van der Waals surface area contributed by atoms with Gasteiger partial charge in [-0.15, -0.1) is 6.58 Å². The van der Waals surface area contributed by atoms with Crippen LogP contribution >= 0.6 is 0 Å². The van der Waals surface area contributed by atoms with E-state index in [0.717, 1.165) is 17.1 Å². The van der Waals surface area contributed by atoms with Crippen molar-refractivity contribution in [3.63, 3.8) is 0 Å². The van der Waals surface area contributed by atoms with Crippen molar-refractivity contribution in [2.75, 3.05) is 19.0 Å². The van der Waals surface area contributed by atoms with Gasteiger partial charge in [-0.1, -0.05) is 12.1 Å². The Morgan fingerprint density at radius 3 is 2.46 bits per heavy atom. The van der Waals surface area contributed by atoms with Gasteiger partial charge < -0.3 is 28.5 Å². The number of allylic oxidation sites excluding steroid dienone is 1. The molecule has 11 heteroatoms. The Morgan fingerprint density at radius 1 is 0.979 bits per heavy atom. The van der Waals surface area contributed by atoms with Crippen LogP contribution in [0.15, 0.2) is 107 Å². The summed E-state index contributed by atoms with van der Waals surface area (Å²) >= 11 is 0. The van der Waals surface area contributed by atoms with Crippen molar-refractivity contribution in [2.24, 2.45) is 5.10 Å². The number of halogens is 1. The number of rotatable bonds is 14. The standard InChI is InChI=1S/C37H35FN4O6/c1-5-7-27-18-26(19-34(45-4)36(27)47-23-35(43)40-29-9-6-8-28(38)20-29)21-39-41-37(44)33-17-16-32(48-33)22-46-31-14-12-30(13-15-31)42-24(2)10-11-25(42)3/h5-6,8-21H,1,7,22-23H2,2-4H3,(H,40,43)(H,41,44)/b39-21+. The maximum absolute atomic E-state index is 13.5. The van der Waals surface area contributed by atoms with Crippen molar-refractivity contribution in [1.82, 2.24) is 9.99 Å². The Morgan fingerprint density at radius 2 is 1.75 bits per heavy atom. The highest BCUT2D eigenvalue weighted by Crippen LogP contribution is 2.33. The highest BCUT2D eigenvalue weighted by atomic mass is 19.1. The predicted octanol–water partition coefficient (Wildman–Crippen LogP) is 6.92. The van der Waals surface area contributed by atoms with Crippen molar-refractivity contribution in [3.05, 3.63) is 137 Å². The number of nitrogens with one attached hydrogen (secondary N) is 2. The van der Waals surface area contributed by atoms with E-state index in [1.807, 2.05) is 24.3 Å². The first kappa shape index (κ1) is 33.3. The molecule has 0 aliphatic rings. The molecule has 5 aromatic rings. The van der Waals surface area contributed by atoms with Gasteiger partial charge in [0.25, 0.3) is 5.91 Å². The van der Waals surface area contributed by atoms with E-state index in [1.165, 1.54) is 31.5 Å². The number of anilines is 1. The van der Waals surface area contributed by atoms with Gasteiger partial charge in [-0.3, -0.25) is 9.59 Å². The van der Waals surface area contributed by atoms with E-state index in [-0.39, 0.29) is 19.0 Å². The molecule has 2 amide bonds. The van der Waals surface area contributed by atoms with Crippen LogP contribution < -0.4 is 25.0 Å². The predicted molar refractivity (Wildman–Crippen MR) is 181 cm³/mol. The first-order valence-corrected chi connectivity index (χ1v) is 15.0. The lowest BCUT2D eigenvalue weighted by Crippen LogP contribution is -2.21. The summed E-state index contributed by atoms with van der Waals surface area (Å²) < 4.78 is 38.4. The van der Waals surface area contributed by atoms with Crippen molar-refractivity contribution in [3.8, 4) is 22.9 Å². The van der Waals surface area contributed by atoms with Gasteiger partial charge in [-0.2, -0.15) is 5.10 Å². The van der Waals surface area contributed by atoms with Gasteiger partial charge in [0.05, 0.1) is 13.3 Å². The quantitative estimate of drug-likeness (QED) is 0.0766. The summed E-state index contributed by atoms with van der Waals surface area (Å²) in [7, 11) is 1.47. The Labute approximate surface area is 277 Å². The largest absolute Gasteiger partial charge is 0.493 e. The Balaban J connectivity index is 1.16. The maximum Gasteiger partial charge on any atom is 0.307 e. The Hall–Kier alpha value is -6.10. The number of furan rings is 1. The number of benzene rings is 3. The van der Waals surface area contributed by atoms with Crippen LogP contribution in [0.3, 0.4) is 0 Å². The molecule has 0 unspecified atom stereocenters. The van der Waals surface area contributed by atoms with E-state index < -0.39 is 17.6 Å². The summed E-state index contributed by atoms with van der Waals surface area (Å²) in [6.45, 7) is 7.71. The van der Waals surface area contributed by atoms with E-state index >= 15 is 0 Å². The number of aryl methyl sites for hydroxylation is 2. The molecule has 0 spiro atoms. The monoisotopic (exact) mass is 650 g/mol. The van der Waals surface area contributed by atoms with Crippen LogP contribution in [0.5, 0.6) is 17.2 Å². The van der Waals surface area contributed by atoms with E-state index in [0.29, 0.717) is 46.2 Å². The number of ether oxygens (including phenoxy) is 3. The van der Waals surface area contributed by atoms with Gasteiger partial charge in [-0.25, -0.2) is 9.82 Å². The fraction of sp³-hybridized carbons (Fsp3) is 0.162. The minimum atomic E-state index is -0.540. The van der Waals surface area contributed by atoms with E-state index in [9.17, 15) is 14.0 Å². The summed E-state index contributed by atoms with van der Waals surface area (Å²) in [6.07, 6.45) is 3.52. The first-order chi connectivity index (χ1) is 23.2. The second-order valence-corrected chi connectivity index (χ2v) is 10.8. The van der Waals surface area contributed by atoms with Crippen LogP contribution in [0.2, 0.25) is 0 Å². The fourth-order valence-electron chi connectivity index (χ4n) is 5.00. The van der Waals surface area contributed by atoms with Crippen molar-refractivity contribution in [1.29, 1.82) is 0 Å². The molecule has 48 heavy (non-hydrogen) atoms. The zero-order valence-electron chi connectivity index (χ0n) is 26.8. The van der Waals surface area contributed by atoms with Gasteiger partial charge >= 0.3 is 5.91 Å². The molecule has 0 fully saturated rings. The lowest BCUT2D eigenvalue weighted by atomic mass is 10.1. The van der Waals surface area contributed by atoms with E-state index in [2.05, 4.69) is 53.0 Å². The average molecular weight is 651 g/mol. The number of nitrogens with zero attached hydrogens (tertiary/aromatic N) is 2. The van der Waals surface area contributed by atoms with Crippen LogP contribution in [-0.4, -0.2) is 36.3 Å². The smallest absolute Gasteiger partial charge is 0.307 e. The Kier molecular flexibility index (Phi) is 10.7. The maximum atomic E-state index is 13.5. The molecule has 0 atom stereocenters. The lowest BCUT2D eigenvalue weighted by molar-refractivity contribution is -0.118. The van der Waals surface area contributed by atoms with Crippen molar-refractivity contribution in [2.45, 2.75) is 26.9 Å². The summed E-state index contributed by atoms with van der Waals surface area (Å²) in [4.78, 5) is 25.1. The highest BCUT2D eigenvalue weighted by Gasteiger charge is 2.15. The molecule has 0 radical (unpaired) electrons. The van der Waals surface area contributed by atoms with E-state index in [4.69, 9.17) is 18.6 Å². The molecule has 246 valence electrons. The average Bonchev–Trinajstić information content (AvgIpc) is 3.69. The van der Waals surface area contributed by atoms with Crippen LogP contribution in [0, 0.1) is 19.7 Å². The summed E-state index contributed by atoms with van der Waals surface area (Å²) in [5.74, 6) is 0.438. The van der Waals surface area contributed by atoms with Crippen LogP contribution in [0.1, 0.15) is 38.8 Å². The third-order valence-electron chi connectivity index (χ3n) is 7.21. The number of aromatic nitrogens is 1. The molecule has 10 nitrogen and oxygen atoms in total. The summed E-state index contributed by atoms with van der Waals surface area (Å²) in [6, 6.07) is 24.1. The molecule has 0 aliphatic heterocycles. The topological polar surface area (TPSA) is 116 Å². The van der Waals surface area contributed by atoms with Crippen LogP contribution in [-0.2, 0) is 17.8 Å². The third kappa shape index (κ3) is 8.38. The van der Waals surface area contributed by atoms with Gasteiger partial charge in [0.2, 0.25) is 0 Å². The molecule has 0 bridgehead atoms. The highest BCUT2D eigenvalue weighted by molar-refractivity contribution is 5.93. The molecular formula is C37H35FN4O6. The van der Waals surface area contributed by atoms with Crippen molar-refractivity contribution < 1.29 is 32.6 Å². The van der Waals surface area contributed by atoms with E-state index in [1.54, 1.807) is 36.4 Å². The number of methoxy groups -OCH3 is 1. The molecule has 5 rings (SSSR count). The van der Waals surface area contributed by atoms with Crippen LogP contribution in [0.25, 0.3) is 5.69 Å². The van der Waals surface area contributed by atoms with Gasteiger partial charge in [0.15, 0.2) is 23.9 Å². The van der Waals surface area contributed by atoms with Gasteiger partial charge in [-0.05, 0) is 105 Å². The molecule has 2 N–H and O–H groups in total. The fourth-order valence-corrected chi connectivity index (χ4v) is 5.00. The lowest BCUT2D eigenvalue weighted by Gasteiger charge is -2.15. The van der Waals surface area contributed by atoms with Gasteiger partial charge in [0.1, 0.15) is 23.9 Å². The second-order valence-electron chi connectivity index (χ2n) is 10.8. The van der Waals surface area contributed by atoms with Gasteiger partial charge in [0, 0.05) is 28.3 Å². The Bertz CT molecular complexity index is 1920. The molecule has 3 aromatic carbocycles.